The molecule has 7 heteroatoms. The summed E-state index contributed by atoms with van der Waals surface area (Å²) in [6.07, 6.45) is 1.83. The second kappa shape index (κ2) is 9.12. The van der Waals surface area contributed by atoms with Crippen molar-refractivity contribution in [3.63, 3.8) is 0 Å². The van der Waals surface area contributed by atoms with Crippen LogP contribution >= 0.6 is 11.3 Å². The fourth-order valence-corrected chi connectivity index (χ4v) is 5.57. The van der Waals surface area contributed by atoms with Crippen LogP contribution in [0.3, 0.4) is 0 Å². The summed E-state index contributed by atoms with van der Waals surface area (Å²) in [4.78, 5) is 15.9. The van der Waals surface area contributed by atoms with Crippen LogP contribution < -0.4 is 4.72 Å². The van der Waals surface area contributed by atoms with Crippen molar-refractivity contribution < 1.29 is 13.2 Å². The molecule has 4 rings (SSSR count). The second-order valence-corrected chi connectivity index (χ2v) is 10.2. The van der Waals surface area contributed by atoms with Crippen LogP contribution in [-0.2, 0) is 16.6 Å². The Labute approximate surface area is 181 Å². The number of piperidine rings is 1. The predicted octanol–water partition coefficient (Wildman–Crippen LogP) is 4.25. The molecule has 1 amide bonds. The monoisotopic (exact) mass is 440 g/mol. The Balaban J connectivity index is 1.41. The first kappa shape index (κ1) is 20.8. The molecule has 3 aromatic rings. The van der Waals surface area contributed by atoms with Crippen LogP contribution in [0.15, 0.2) is 77.0 Å². The molecule has 156 valence electrons. The summed E-state index contributed by atoms with van der Waals surface area (Å²) in [5.41, 5.74) is 1.72. The molecule has 2 aromatic carbocycles. The lowest BCUT2D eigenvalue weighted by atomic mass is 9.89. The molecular weight excluding hydrogens is 416 g/mol. The van der Waals surface area contributed by atoms with Crippen molar-refractivity contribution in [3.8, 4) is 0 Å². The van der Waals surface area contributed by atoms with Crippen LogP contribution in [0.5, 0.6) is 0 Å². The van der Waals surface area contributed by atoms with E-state index in [1.807, 2.05) is 40.6 Å². The summed E-state index contributed by atoms with van der Waals surface area (Å²) in [5.74, 6) is 0.347. The maximum Gasteiger partial charge on any atom is 0.253 e. The molecule has 1 aliphatic heterocycles. The van der Waals surface area contributed by atoms with Gasteiger partial charge >= 0.3 is 0 Å². The van der Waals surface area contributed by atoms with Gasteiger partial charge in [0.25, 0.3) is 5.91 Å². The maximum atomic E-state index is 13.0. The number of carbonyl (C=O) groups excluding carboxylic acids is 1. The molecule has 5 nitrogen and oxygen atoms in total. The highest BCUT2D eigenvalue weighted by molar-refractivity contribution is 7.89. The van der Waals surface area contributed by atoms with E-state index in [-0.39, 0.29) is 17.3 Å². The van der Waals surface area contributed by atoms with Gasteiger partial charge < -0.3 is 4.90 Å². The molecule has 0 atom stereocenters. The number of amides is 1. The van der Waals surface area contributed by atoms with Crippen molar-refractivity contribution in [1.82, 2.24) is 9.62 Å². The third kappa shape index (κ3) is 4.80. The van der Waals surface area contributed by atoms with E-state index in [0.29, 0.717) is 24.6 Å². The molecule has 1 aromatic heterocycles. The van der Waals surface area contributed by atoms with Crippen LogP contribution in [0.25, 0.3) is 0 Å². The summed E-state index contributed by atoms with van der Waals surface area (Å²) in [6.45, 7) is 1.59. The highest BCUT2D eigenvalue weighted by Gasteiger charge is 2.25. The summed E-state index contributed by atoms with van der Waals surface area (Å²) in [6, 6.07) is 20.5. The molecular formula is C23H24N2O3S2. The number of benzene rings is 2. The van der Waals surface area contributed by atoms with Gasteiger partial charge in [-0.25, -0.2) is 13.1 Å². The van der Waals surface area contributed by atoms with Crippen LogP contribution in [0.2, 0.25) is 0 Å². The van der Waals surface area contributed by atoms with E-state index in [0.717, 1.165) is 17.7 Å². The number of hydrogen-bond donors (Lipinski definition) is 1. The number of likely N-dealkylation sites (tertiary alicyclic amines) is 1. The number of nitrogens with zero attached hydrogens (tertiary/aromatic N) is 1. The van der Waals surface area contributed by atoms with Crippen molar-refractivity contribution in [2.75, 3.05) is 13.1 Å². The van der Waals surface area contributed by atoms with Gasteiger partial charge in [0.2, 0.25) is 10.0 Å². The lowest BCUT2D eigenvalue weighted by Gasteiger charge is -2.32. The molecule has 30 heavy (non-hydrogen) atoms. The van der Waals surface area contributed by atoms with Crippen molar-refractivity contribution in [3.05, 3.63) is 88.1 Å². The molecule has 0 radical (unpaired) electrons. The van der Waals surface area contributed by atoms with Gasteiger partial charge in [-0.1, -0.05) is 42.5 Å². The minimum atomic E-state index is -3.68. The van der Waals surface area contributed by atoms with Crippen molar-refractivity contribution >= 4 is 27.3 Å². The summed E-state index contributed by atoms with van der Waals surface area (Å²) < 4.78 is 27.9. The Bertz CT molecular complexity index is 1090. The highest BCUT2D eigenvalue weighted by atomic mass is 32.2. The van der Waals surface area contributed by atoms with E-state index in [4.69, 9.17) is 0 Å². The third-order valence-electron chi connectivity index (χ3n) is 5.46. The van der Waals surface area contributed by atoms with Crippen molar-refractivity contribution in [1.29, 1.82) is 0 Å². The van der Waals surface area contributed by atoms with Gasteiger partial charge in [-0.3, -0.25) is 4.79 Å². The third-order valence-corrected chi connectivity index (χ3v) is 7.74. The normalized spacial score (nSPS) is 15.3. The molecule has 0 spiro atoms. The van der Waals surface area contributed by atoms with Gasteiger partial charge in [-0.15, -0.1) is 11.3 Å². The number of nitrogens with one attached hydrogen (secondary N) is 1. The molecule has 1 saturated heterocycles. The number of sulfonamides is 1. The highest BCUT2D eigenvalue weighted by Crippen LogP contribution is 2.28. The lowest BCUT2D eigenvalue weighted by Crippen LogP contribution is -2.38. The van der Waals surface area contributed by atoms with E-state index >= 15 is 0 Å². The minimum Gasteiger partial charge on any atom is -0.339 e. The molecule has 2 heterocycles. The predicted molar refractivity (Wildman–Crippen MR) is 119 cm³/mol. The Morgan fingerprint density at radius 3 is 2.47 bits per heavy atom. The Kier molecular flexibility index (Phi) is 6.32. The fourth-order valence-electron chi connectivity index (χ4n) is 3.78. The zero-order valence-corrected chi connectivity index (χ0v) is 18.2. The molecule has 1 fully saturated rings. The maximum absolute atomic E-state index is 13.0. The average molecular weight is 441 g/mol. The van der Waals surface area contributed by atoms with Crippen LogP contribution in [0, 0.1) is 0 Å². The van der Waals surface area contributed by atoms with E-state index in [1.165, 1.54) is 29.0 Å². The molecule has 0 saturated carbocycles. The quantitative estimate of drug-likeness (QED) is 0.623. The van der Waals surface area contributed by atoms with Crippen LogP contribution in [0.4, 0.5) is 0 Å². The zero-order chi connectivity index (χ0) is 21.0. The second-order valence-electron chi connectivity index (χ2n) is 7.41. The SMILES string of the molecule is O=C(c1cccc(S(=O)(=O)NCc2cccs2)c1)N1CCC(c2ccccc2)CC1. The van der Waals surface area contributed by atoms with Gasteiger partial charge in [0, 0.05) is 30.1 Å². The zero-order valence-electron chi connectivity index (χ0n) is 16.5. The Morgan fingerprint density at radius 1 is 1.00 bits per heavy atom. The van der Waals surface area contributed by atoms with E-state index in [1.54, 1.807) is 12.1 Å². The number of rotatable bonds is 6. The molecule has 0 unspecified atom stereocenters. The molecule has 1 N–H and O–H groups in total. The largest absolute Gasteiger partial charge is 0.339 e. The van der Waals surface area contributed by atoms with E-state index in [2.05, 4.69) is 16.9 Å². The fraction of sp³-hybridized carbons (Fsp3) is 0.261. The molecule has 1 aliphatic rings. The van der Waals surface area contributed by atoms with Crippen molar-refractivity contribution in [2.24, 2.45) is 0 Å². The van der Waals surface area contributed by atoms with Crippen LogP contribution in [-0.4, -0.2) is 32.3 Å². The first-order valence-electron chi connectivity index (χ1n) is 9.99. The van der Waals surface area contributed by atoms with Crippen molar-refractivity contribution in [2.45, 2.75) is 30.2 Å². The number of carbonyl (C=O) groups is 1. The van der Waals surface area contributed by atoms with Gasteiger partial charge in [0.1, 0.15) is 0 Å². The molecule has 0 aliphatic carbocycles. The van der Waals surface area contributed by atoms with E-state index in [9.17, 15) is 13.2 Å². The van der Waals surface area contributed by atoms with Gasteiger partial charge in [0.15, 0.2) is 0 Å². The minimum absolute atomic E-state index is 0.114. The standard InChI is InChI=1S/C23H24N2O3S2/c26-23(25-13-11-19(12-14-25)18-6-2-1-3-7-18)20-8-4-10-22(16-20)30(27,28)24-17-21-9-5-15-29-21/h1-10,15-16,19,24H,11-14,17H2. The van der Waals surface area contributed by atoms with Crippen LogP contribution in [0.1, 0.15) is 39.6 Å². The lowest BCUT2D eigenvalue weighted by molar-refractivity contribution is 0.0712. The topological polar surface area (TPSA) is 66.5 Å². The van der Waals surface area contributed by atoms with Gasteiger partial charge in [0.05, 0.1) is 4.90 Å². The summed E-state index contributed by atoms with van der Waals surface area (Å²) in [5, 5.41) is 1.91. The van der Waals surface area contributed by atoms with Gasteiger partial charge in [-0.05, 0) is 54.0 Å². The number of thiophene rings is 1. The molecule has 0 bridgehead atoms. The first-order chi connectivity index (χ1) is 14.5. The first-order valence-corrected chi connectivity index (χ1v) is 12.4. The summed E-state index contributed by atoms with van der Waals surface area (Å²) >= 11 is 1.50. The average Bonchev–Trinajstić information content (AvgIpc) is 3.32. The van der Waals surface area contributed by atoms with E-state index < -0.39 is 10.0 Å². The van der Waals surface area contributed by atoms with Gasteiger partial charge in [-0.2, -0.15) is 0 Å². The number of hydrogen-bond acceptors (Lipinski definition) is 4. The Morgan fingerprint density at radius 2 is 1.77 bits per heavy atom. The Hall–Kier alpha value is -2.48. The smallest absolute Gasteiger partial charge is 0.253 e. The summed E-state index contributed by atoms with van der Waals surface area (Å²) in [7, 11) is -3.68.